The Kier molecular flexibility index (Phi) is 7.91. The van der Waals surface area contributed by atoms with Crippen molar-refractivity contribution in [2.45, 2.75) is 45.6 Å². The van der Waals surface area contributed by atoms with Gasteiger partial charge in [0, 0.05) is 11.1 Å². The highest BCUT2D eigenvalue weighted by molar-refractivity contribution is 6.30. The minimum atomic E-state index is -0.708. The highest BCUT2D eigenvalue weighted by Gasteiger charge is 2.23. The van der Waals surface area contributed by atoms with E-state index >= 15 is 0 Å². The first-order valence-corrected chi connectivity index (χ1v) is 9.38. The molecule has 3 amide bonds. The number of ether oxygens (including phenoxy) is 2. The number of aryl methyl sites for hydroxylation is 1. The molecule has 0 spiro atoms. The van der Waals surface area contributed by atoms with Crippen molar-refractivity contribution in [1.82, 2.24) is 10.6 Å². The molecule has 0 unspecified atom stereocenters. The predicted octanol–water partition coefficient (Wildman–Crippen LogP) is 2.97. The molecule has 2 N–H and O–H groups in total. The second-order valence-electron chi connectivity index (χ2n) is 6.75. The van der Waals surface area contributed by atoms with Gasteiger partial charge < -0.3 is 14.8 Å². The molecule has 0 aromatic heterocycles. The van der Waals surface area contributed by atoms with Gasteiger partial charge >= 0.3 is 12.0 Å². The lowest BCUT2D eigenvalue weighted by Crippen LogP contribution is -2.48. The molecule has 0 saturated heterocycles. The Hall–Kier alpha value is -2.28. The van der Waals surface area contributed by atoms with Crippen LogP contribution in [-0.2, 0) is 14.3 Å². The van der Waals surface area contributed by atoms with E-state index in [9.17, 15) is 14.4 Å². The van der Waals surface area contributed by atoms with E-state index in [1.165, 1.54) is 0 Å². The Balaban J connectivity index is 1.66. The molecule has 7 nitrogen and oxygen atoms in total. The molecule has 8 heteroatoms. The maximum atomic E-state index is 11.9. The summed E-state index contributed by atoms with van der Waals surface area (Å²) in [5.41, 5.74) is 0.779. The summed E-state index contributed by atoms with van der Waals surface area (Å²) in [7, 11) is 0. The van der Waals surface area contributed by atoms with Gasteiger partial charge in [0.2, 0.25) is 0 Å². The first kappa shape index (κ1) is 21.0. The number of esters is 1. The van der Waals surface area contributed by atoms with Crippen molar-refractivity contribution >= 4 is 29.5 Å². The summed E-state index contributed by atoms with van der Waals surface area (Å²) in [5, 5.41) is 5.54. The third-order valence-corrected chi connectivity index (χ3v) is 4.76. The lowest BCUT2D eigenvalue weighted by molar-refractivity contribution is -0.150. The van der Waals surface area contributed by atoms with E-state index in [0.29, 0.717) is 16.7 Å². The molecule has 148 valence electrons. The molecule has 1 aromatic rings. The second-order valence-corrected chi connectivity index (χ2v) is 7.19. The Morgan fingerprint density at radius 1 is 1.19 bits per heavy atom. The van der Waals surface area contributed by atoms with Crippen LogP contribution in [0.15, 0.2) is 18.2 Å². The van der Waals surface area contributed by atoms with Crippen molar-refractivity contribution in [2.24, 2.45) is 5.92 Å². The minimum absolute atomic E-state index is 0.0603. The third-order valence-electron chi connectivity index (χ3n) is 4.53. The number of rotatable bonds is 6. The number of benzene rings is 1. The molecule has 0 heterocycles. The highest BCUT2D eigenvalue weighted by atomic mass is 35.5. The smallest absolute Gasteiger partial charge is 0.344 e. The first-order valence-electron chi connectivity index (χ1n) is 9.00. The number of halogens is 1. The zero-order valence-electron chi connectivity index (χ0n) is 15.5. The molecule has 1 aliphatic rings. The fraction of sp³-hybridized carbons (Fsp3) is 0.526. The molecule has 1 aliphatic carbocycles. The van der Waals surface area contributed by atoms with Crippen LogP contribution >= 0.6 is 11.6 Å². The minimum Gasteiger partial charge on any atom is -0.482 e. The number of imide groups is 1. The number of hydrogen-bond donors (Lipinski definition) is 2. The van der Waals surface area contributed by atoms with Crippen LogP contribution < -0.4 is 15.4 Å². The third kappa shape index (κ3) is 7.09. The first-order chi connectivity index (χ1) is 12.8. The van der Waals surface area contributed by atoms with Gasteiger partial charge in [0.15, 0.2) is 13.2 Å². The van der Waals surface area contributed by atoms with Crippen molar-refractivity contribution in [2.75, 3.05) is 13.2 Å². The summed E-state index contributed by atoms with van der Waals surface area (Å²) in [6.07, 6.45) is 4.18. The van der Waals surface area contributed by atoms with Crippen LogP contribution in [0.4, 0.5) is 4.79 Å². The van der Waals surface area contributed by atoms with Crippen LogP contribution in [0.25, 0.3) is 0 Å². The normalized spacial score (nSPS) is 19.1. The van der Waals surface area contributed by atoms with Crippen LogP contribution in [-0.4, -0.2) is 37.2 Å². The maximum absolute atomic E-state index is 11.9. The zero-order chi connectivity index (χ0) is 19.8. The van der Waals surface area contributed by atoms with Crippen molar-refractivity contribution in [1.29, 1.82) is 0 Å². The Morgan fingerprint density at radius 3 is 2.63 bits per heavy atom. The predicted molar refractivity (Wildman–Crippen MR) is 101 cm³/mol. The number of carbonyl (C=O) groups is 3. The van der Waals surface area contributed by atoms with E-state index in [1.54, 1.807) is 25.1 Å². The van der Waals surface area contributed by atoms with Crippen molar-refractivity contribution < 1.29 is 23.9 Å². The van der Waals surface area contributed by atoms with E-state index in [2.05, 4.69) is 17.6 Å². The van der Waals surface area contributed by atoms with Gasteiger partial charge in [0.25, 0.3) is 5.91 Å². The number of hydrogen-bond acceptors (Lipinski definition) is 5. The number of carbonyl (C=O) groups excluding carboxylic acids is 3. The fourth-order valence-electron chi connectivity index (χ4n) is 3.00. The average Bonchev–Trinajstić information content (AvgIpc) is 2.61. The summed E-state index contributed by atoms with van der Waals surface area (Å²) in [6, 6.07) is 4.50. The SMILES string of the molecule is Cc1cc(Cl)ccc1OCC(=O)OCC(=O)NC(=O)N[C@H]1CCCC[C@H]1C. The van der Waals surface area contributed by atoms with E-state index in [1.807, 2.05) is 0 Å². The monoisotopic (exact) mass is 396 g/mol. The van der Waals surface area contributed by atoms with Crippen LogP contribution in [0, 0.1) is 12.8 Å². The van der Waals surface area contributed by atoms with Crippen LogP contribution in [0.5, 0.6) is 5.75 Å². The quantitative estimate of drug-likeness (QED) is 0.721. The standard InChI is InChI=1S/C19H25ClN2O5/c1-12-5-3-4-6-15(12)21-19(25)22-17(23)10-27-18(24)11-26-16-8-7-14(20)9-13(16)2/h7-9,12,15H,3-6,10-11H2,1-2H3,(H2,21,22,23,25)/t12-,15+/m1/s1. The van der Waals surface area contributed by atoms with Crippen LogP contribution in [0.2, 0.25) is 5.02 Å². The van der Waals surface area contributed by atoms with Crippen molar-refractivity contribution in [3.05, 3.63) is 28.8 Å². The number of amides is 3. The summed E-state index contributed by atoms with van der Waals surface area (Å²) in [6.45, 7) is 2.98. The maximum Gasteiger partial charge on any atom is 0.344 e. The van der Waals surface area contributed by atoms with Gasteiger partial charge in [-0.15, -0.1) is 0 Å². The van der Waals surface area contributed by atoms with Gasteiger partial charge in [-0.1, -0.05) is 31.4 Å². The Labute approximate surface area is 163 Å². The van der Waals surface area contributed by atoms with Gasteiger partial charge in [-0.05, 0) is 49.4 Å². The summed E-state index contributed by atoms with van der Waals surface area (Å²) in [5.74, 6) is -0.513. The van der Waals surface area contributed by atoms with Gasteiger partial charge in [-0.25, -0.2) is 9.59 Å². The number of urea groups is 1. The molecule has 2 atom stereocenters. The van der Waals surface area contributed by atoms with E-state index < -0.39 is 24.5 Å². The second kappa shape index (κ2) is 10.2. The largest absolute Gasteiger partial charge is 0.482 e. The molecule has 2 rings (SSSR count). The highest BCUT2D eigenvalue weighted by Crippen LogP contribution is 2.23. The van der Waals surface area contributed by atoms with E-state index in [4.69, 9.17) is 21.1 Å². The lowest BCUT2D eigenvalue weighted by atomic mass is 9.86. The summed E-state index contributed by atoms with van der Waals surface area (Å²) in [4.78, 5) is 35.3. The topological polar surface area (TPSA) is 93.7 Å². The van der Waals surface area contributed by atoms with Gasteiger partial charge in [-0.3, -0.25) is 10.1 Å². The lowest BCUT2D eigenvalue weighted by Gasteiger charge is -2.29. The van der Waals surface area contributed by atoms with Crippen LogP contribution in [0.1, 0.15) is 38.2 Å². The zero-order valence-corrected chi connectivity index (χ0v) is 16.3. The van der Waals surface area contributed by atoms with Crippen LogP contribution in [0.3, 0.4) is 0 Å². The van der Waals surface area contributed by atoms with Gasteiger partial charge in [0.05, 0.1) is 0 Å². The van der Waals surface area contributed by atoms with Gasteiger partial charge in [-0.2, -0.15) is 0 Å². The fourth-order valence-corrected chi connectivity index (χ4v) is 3.22. The molecular formula is C19H25ClN2O5. The van der Waals surface area contributed by atoms with E-state index in [0.717, 1.165) is 31.2 Å². The van der Waals surface area contributed by atoms with Crippen molar-refractivity contribution in [3.8, 4) is 5.75 Å². The molecule has 0 bridgehead atoms. The average molecular weight is 397 g/mol. The molecule has 1 aromatic carbocycles. The molecule has 0 aliphatic heterocycles. The molecule has 0 radical (unpaired) electrons. The van der Waals surface area contributed by atoms with Crippen molar-refractivity contribution in [3.63, 3.8) is 0 Å². The molecular weight excluding hydrogens is 372 g/mol. The Morgan fingerprint density at radius 2 is 1.93 bits per heavy atom. The summed E-state index contributed by atoms with van der Waals surface area (Å²) >= 11 is 5.85. The number of nitrogens with one attached hydrogen (secondary N) is 2. The molecule has 27 heavy (non-hydrogen) atoms. The van der Waals surface area contributed by atoms with Gasteiger partial charge in [0.1, 0.15) is 5.75 Å². The molecule has 1 saturated carbocycles. The van der Waals surface area contributed by atoms with E-state index in [-0.39, 0.29) is 12.6 Å². The molecule has 1 fully saturated rings. The summed E-state index contributed by atoms with van der Waals surface area (Å²) < 4.78 is 10.2. The Bertz CT molecular complexity index is 695.